The van der Waals surface area contributed by atoms with Crippen molar-refractivity contribution in [2.24, 2.45) is 5.92 Å². The smallest absolute Gasteiger partial charge is 0.230 e. The van der Waals surface area contributed by atoms with E-state index in [1.165, 1.54) is 38.5 Å². The van der Waals surface area contributed by atoms with Crippen LogP contribution in [0.5, 0.6) is 0 Å². The van der Waals surface area contributed by atoms with Crippen molar-refractivity contribution in [2.45, 2.75) is 44.6 Å². The van der Waals surface area contributed by atoms with E-state index in [0.29, 0.717) is 11.8 Å². The van der Waals surface area contributed by atoms with E-state index in [1.807, 2.05) is 0 Å². The summed E-state index contributed by atoms with van der Waals surface area (Å²) in [5, 5.41) is 6.45. The van der Waals surface area contributed by atoms with Crippen LogP contribution < -0.4 is 10.6 Å². The molecule has 98 valence electrons. The molecule has 0 aromatic rings. The molecule has 1 amide bonds. The molecule has 0 radical (unpaired) electrons. The van der Waals surface area contributed by atoms with Crippen molar-refractivity contribution >= 4 is 17.7 Å². The van der Waals surface area contributed by atoms with E-state index in [0.717, 1.165) is 24.8 Å². The number of thioether (sulfide) groups is 1. The fourth-order valence-electron chi connectivity index (χ4n) is 2.48. The molecule has 2 aliphatic rings. The molecule has 1 heterocycles. The lowest BCUT2D eigenvalue weighted by atomic mass is 10.1. The Labute approximate surface area is 108 Å². The summed E-state index contributed by atoms with van der Waals surface area (Å²) in [6.07, 6.45) is 7.62. The maximum Gasteiger partial charge on any atom is 0.230 e. The zero-order valence-electron chi connectivity index (χ0n) is 10.5. The monoisotopic (exact) mass is 256 g/mol. The maximum atomic E-state index is 11.8. The molecule has 0 atom stereocenters. The normalized spacial score (nSPS) is 22.8. The average molecular weight is 256 g/mol. The van der Waals surface area contributed by atoms with Crippen molar-refractivity contribution in [1.82, 2.24) is 10.6 Å². The highest BCUT2D eigenvalue weighted by Crippen LogP contribution is 2.17. The lowest BCUT2D eigenvalue weighted by Gasteiger charge is -2.26. The maximum absolute atomic E-state index is 11.8. The Morgan fingerprint density at radius 1 is 1.18 bits per heavy atom. The lowest BCUT2D eigenvalue weighted by Crippen LogP contribution is -2.43. The van der Waals surface area contributed by atoms with Crippen LogP contribution in [0.25, 0.3) is 0 Å². The van der Waals surface area contributed by atoms with Crippen LogP contribution in [0.15, 0.2) is 0 Å². The zero-order chi connectivity index (χ0) is 11.9. The Morgan fingerprint density at radius 3 is 2.47 bits per heavy atom. The van der Waals surface area contributed by atoms with E-state index in [2.05, 4.69) is 10.6 Å². The minimum absolute atomic E-state index is 0.245. The highest BCUT2D eigenvalue weighted by molar-refractivity contribution is 7.99. The summed E-state index contributed by atoms with van der Waals surface area (Å²) >= 11 is 1.79. The van der Waals surface area contributed by atoms with Crippen LogP contribution in [0.4, 0.5) is 0 Å². The summed E-state index contributed by atoms with van der Waals surface area (Å²) in [5.41, 5.74) is 0. The van der Waals surface area contributed by atoms with Gasteiger partial charge in [-0.3, -0.25) is 4.79 Å². The Kier molecular flexibility index (Phi) is 5.65. The number of hydrogen-bond donors (Lipinski definition) is 2. The Hall–Kier alpha value is -0.220. The second-order valence-corrected chi connectivity index (χ2v) is 6.33. The summed E-state index contributed by atoms with van der Waals surface area (Å²) in [6.45, 7) is 2.27. The molecule has 0 bridgehead atoms. The van der Waals surface area contributed by atoms with Crippen LogP contribution in [-0.2, 0) is 4.79 Å². The van der Waals surface area contributed by atoms with Gasteiger partial charge < -0.3 is 10.6 Å². The number of amides is 1. The molecular weight excluding hydrogens is 232 g/mol. The fraction of sp³-hybridized carbons (Fsp3) is 0.923. The molecule has 2 fully saturated rings. The standard InChI is InChI=1S/C13H24N2OS/c16-13(10-17-9-11-7-14-8-11)15-12-5-3-1-2-4-6-12/h11-12,14H,1-10H2,(H,15,16). The summed E-state index contributed by atoms with van der Waals surface area (Å²) in [5.74, 6) is 2.82. The van der Waals surface area contributed by atoms with Gasteiger partial charge in [0.15, 0.2) is 0 Å². The molecule has 0 aromatic carbocycles. The van der Waals surface area contributed by atoms with Crippen molar-refractivity contribution in [3.63, 3.8) is 0 Å². The molecule has 4 heteroatoms. The van der Waals surface area contributed by atoms with E-state index >= 15 is 0 Å². The molecular formula is C13H24N2OS. The fourth-order valence-corrected chi connectivity index (χ4v) is 3.43. The van der Waals surface area contributed by atoms with E-state index < -0.39 is 0 Å². The summed E-state index contributed by atoms with van der Waals surface area (Å²) in [6, 6.07) is 0.455. The lowest BCUT2D eigenvalue weighted by molar-refractivity contribution is -0.119. The van der Waals surface area contributed by atoms with Crippen LogP contribution in [0, 0.1) is 5.92 Å². The molecule has 17 heavy (non-hydrogen) atoms. The van der Waals surface area contributed by atoms with Crippen molar-refractivity contribution in [1.29, 1.82) is 0 Å². The van der Waals surface area contributed by atoms with Gasteiger partial charge in [0.1, 0.15) is 0 Å². The van der Waals surface area contributed by atoms with Crippen LogP contribution >= 0.6 is 11.8 Å². The number of carbonyl (C=O) groups excluding carboxylic acids is 1. The first-order chi connectivity index (χ1) is 8.34. The minimum atomic E-state index is 0.245. The van der Waals surface area contributed by atoms with Crippen molar-refractivity contribution < 1.29 is 4.79 Å². The second-order valence-electron chi connectivity index (χ2n) is 5.30. The summed E-state index contributed by atoms with van der Waals surface area (Å²) < 4.78 is 0. The molecule has 3 nitrogen and oxygen atoms in total. The molecule has 1 saturated carbocycles. The van der Waals surface area contributed by atoms with Gasteiger partial charge in [0.25, 0.3) is 0 Å². The molecule has 1 aliphatic carbocycles. The third kappa shape index (κ3) is 4.88. The molecule has 2 N–H and O–H groups in total. The van der Waals surface area contributed by atoms with Crippen molar-refractivity contribution in [3.05, 3.63) is 0 Å². The molecule has 1 saturated heterocycles. The van der Waals surface area contributed by atoms with Gasteiger partial charge in [-0.05, 0) is 37.6 Å². The largest absolute Gasteiger partial charge is 0.353 e. The molecule has 0 spiro atoms. The topological polar surface area (TPSA) is 41.1 Å². The zero-order valence-corrected chi connectivity index (χ0v) is 11.4. The van der Waals surface area contributed by atoms with Crippen LogP contribution in [0.2, 0.25) is 0 Å². The van der Waals surface area contributed by atoms with Crippen LogP contribution in [0.1, 0.15) is 38.5 Å². The molecule has 2 rings (SSSR count). The predicted octanol–water partition coefficient (Wildman–Crippen LogP) is 1.78. The van der Waals surface area contributed by atoms with Crippen LogP contribution in [0.3, 0.4) is 0 Å². The van der Waals surface area contributed by atoms with Crippen molar-refractivity contribution in [2.75, 3.05) is 24.6 Å². The molecule has 0 aromatic heterocycles. The summed E-state index contributed by atoms with van der Waals surface area (Å²) in [4.78, 5) is 11.8. The van der Waals surface area contributed by atoms with E-state index in [4.69, 9.17) is 0 Å². The van der Waals surface area contributed by atoms with Crippen LogP contribution in [-0.4, -0.2) is 36.5 Å². The van der Waals surface area contributed by atoms with Gasteiger partial charge in [0.05, 0.1) is 5.75 Å². The predicted molar refractivity (Wildman–Crippen MR) is 73.3 cm³/mol. The van der Waals surface area contributed by atoms with E-state index in [-0.39, 0.29) is 5.91 Å². The minimum Gasteiger partial charge on any atom is -0.353 e. The van der Waals surface area contributed by atoms with Crippen molar-refractivity contribution in [3.8, 4) is 0 Å². The van der Waals surface area contributed by atoms with Gasteiger partial charge in [-0.15, -0.1) is 0 Å². The molecule has 1 aliphatic heterocycles. The van der Waals surface area contributed by atoms with E-state index in [9.17, 15) is 4.79 Å². The van der Waals surface area contributed by atoms with Gasteiger partial charge in [-0.25, -0.2) is 0 Å². The number of nitrogens with one attached hydrogen (secondary N) is 2. The number of hydrogen-bond acceptors (Lipinski definition) is 3. The van der Waals surface area contributed by atoms with Gasteiger partial charge >= 0.3 is 0 Å². The second kappa shape index (κ2) is 7.27. The Morgan fingerprint density at radius 2 is 1.88 bits per heavy atom. The average Bonchev–Trinajstić information content (AvgIpc) is 2.50. The third-order valence-electron chi connectivity index (χ3n) is 3.67. The quantitative estimate of drug-likeness (QED) is 0.737. The third-order valence-corrected chi connectivity index (χ3v) is 4.85. The number of rotatable bonds is 5. The van der Waals surface area contributed by atoms with Gasteiger partial charge in [0.2, 0.25) is 5.91 Å². The highest BCUT2D eigenvalue weighted by Gasteiger charge is 2.18. The van der Waals surface area contributed by atoms with Gasteiger partial charge in [-0.1, -0.05) is 25.7 Å². The molecule has 0 unspecified atom stereocenters. The highest BCUT2D eigenvalue weighted by atomic mass is 32.2. The van der Waals surface area contributed by atoms with Gasteiger partial charge in [0, 0.05) is 6.04 Å². The first-order valence-corrected chi connectivity index (χ1v) is 8.08. The Balaban J connectivity index is 1.55. The number of carbonyl (C=O) groups is 1. The SMILES string of the molecule is O=C(CSCC1CNC1)NC1CCCCCC1. The first-order valence-electron chi connectivity index (χ1n) is 6.92. The first kappa shape index (κ1) is 13.2. The van der Waals surface area contributed by atoms with E-state index in [1.54, 1.807) is 11.8 Å². The van der Waals surface area contributed by atoms with Gasteiger partial charge in [-0.2, -0.15) is 11.8 Å². The Bertz CT molecular complexity index is 236. The summed E-state index contributed by atoms with van der Waals surface area (Å²) in [7, 11) is 0.